The maximum absolute atomic E-state index is 6.04. The molecule has 0 radical (unpaired) electrons. The van der Waals surface area contributed by atoms with Gasteiger partial charge in [0.15, 0.2) is 0 Å². The topological polar surface area (TPSA) is 24.7 Å². The Bertz CT molecular complexity index is 750. The van der Waals surface area contributed by atoms with Crippen molar-refractivity contribution in [2.45, 2.75) is 0 Å². The predicted octanol–water partition coefficient (Wildman–Crippen LogP) is 6.42. The van der Waals surface area contributed by atoms with Crippen molar-refractivity contribution in [2.75, 3.05) is 0 Å². The maximum Gasteiger partial charge on any atom is 0.104 e. The van der Waals surface area contributed by atoms with E-state index in [1.165, 1.54) is 5.56 Å². The molecular formula is C18H13ClN2. The molecule has 0 aliphatic carbocycles. The van der Waals surface area contributed by atoms with Gasteiger partial charge in [-0.3, -0.25) is 0 Å². The second-order valence-electron chi connectivity index (χ2n) is 4.56. The molecule has 0 aliphatic heterocycles. The fourth-order valence-electron chi connectivity index (χ4n) is 2.00. The van der Waals surface area contributed by atoms with Crippen LogP contribution in [0.5, 0.6) is 0 Å². The molecule has 3 rings (SSSR count). The average Bonchev–Trinajstić information content (AvgIpc) is 2.55. The normalized spacial score (nSPS) is 10.9. The van der Waals surface area contributed by atoms with Gasteiger partial charge in [-0.2, -0.15) is 5.11 Å². The van der Waals surface area contributed by atoms with Crippen LogP contribution in [0.3, 0.4) is 0 Å². The minimum absolute atomic E-state index is 0.599. The lowest BCUT2D eigenvalue weighted by Crippen LogP contribution is -1.75. The summed E-state index contributed by atoms with van der Waals surface area (Å²) in [4.78, 5) is 0. The van der Waals surface area contributed by atoms with Crippen LogP contribution in [0.25, 0.3) is 11.1 Å². The first kappa shape index (κ1) is 13.5. The molecule has 3 aromatic rings. The summed E-state index contributed by atoms with van der Waals surface area (Å²) in [7, 11) is 0. The molecule has 0 heterocycles. The summed E-state index contributed by atoms with van der Waals surface area (Å²) in [6.07, 6.45) is 0. The van der Waals surface area contributed by atoms with Gasteiger partial charge in [-0.05, 0) is 35.4 Å². The zero-order chi connectivity index (χ0) is 14.5. The number of hydrogen-bond acceptors (Lipinski definition) is 2. The number of rotatable bonds is 3. The van der Waals surface area contributed by atoms with E-state index in [1.54, 1.807) is 6.07 Å². The SMILES string of the molecule is Clc1ccccc1N=Nc1ccc(-c2ccccc2)cc1. The Morgan fingerprint density at radius 2 is 1.19 bits per heavy atom. The number of nitrogens with zero attached hydrogens (tertiary/aromatic N) is 2. The van der Waals surface area contributed by atoms with Crippen LogP contribution in [-0.4, -0.2) is 0 Å². The number of benzene rings is 3. The van der Waals surface area contributed by atoms with E-state index in [0.717, 1.165) is 11.3 Å². The van der Waals surface area contributed by atoms with Crippen LogP contribution in [0.4, 0.5) is 11.4 Å². The Morgan fingerprint density at radius 1 is 0.571 bits per heavy atom. The van der Waals surface area contributed by atoms with Crippen molar-refractivity contribution in [3.05, 3.63) is 83.9 Å². The lowest BCUT2D eigenvalue weighted by Gasteiger charge is -2.01. The highest BCUT2D eigenvalue weighted by atomic mass is 35.5. The average molecular weight is 293 g/mol. The Labute approximate surface area is 128 Å². The quantitative estimate of drug-likeness (QED) is 0.497. The smallest absolute Gasteiger partial charge is 0.104 e. The van der Waals surface area contributed by atoms with Gasteiger partial charge in [-0.15, -0.1) is 5.11 Å². The highest BCUT2D eigenvalue weighted by molar-refractivity contribution is 6.32. The molecule has 0 N–H and O–H groups in total. The molecular weight excluding hydrogens is 280 g/mol. The summed E-state index contributed by atoms with van der Waals surface area (Å²) < 4.78 is 0. The molecule has 102 valence electrons. The molecule has 3 heteroatoms. The summed E-state index contributed by atoms with van der Waals surface area (Å²) in [6.45, 7) is 0. The van der Waals surface area contributed by atoms with Crippen LogP contribution < -0.4 is 0 Å². The first-order chi connectivity index (χ1) is 10.3. The van der Waals surface area contributed by atoms with Gasteiger partial charge in [0.25, 0.3) is 0 Å². The minimum Gasteiger partial charge on any atom is -0.151 e. The van der Waals surface area contributed by atoms with Crippen molar-refractivity contribution in [3.8, 4) is 11.1 Å². The minimum atomic E-state index is 0.599. The van der Waals surface area contributed by atoms with Crippen molar-refractivity contribution in [1.29, 1.82) is 0 Å². The molecule has 2 nitrogen and oxygen atoms in total. The Kier molecular flexibility index (Phi) is 4.08. The second-order valence-corrected chi connectivity index (χ2v) is 4.97. The molecule has 0 bridgehead atoms. The van der Waals surface area contributed by atoms with Crippen molar-refractivity contribution >= 4 is 23.0 Å². The van der Waals surface area contributed by atoms with E-state index in [4.69, 9.17) is 11.6 Å². The summed E-state index contributed by atoms with van der Waals surface area (Å²) in [5.74, 6) is 0. The maximum atomic E-state index is 6.04. The molecule has 0 spiro atoms. The third-order valence-corrected chi connectivity index (χ3v) is 3.42. The zero-order valence-electron chi connectivity index (χ0n) is 11.3. The molecule has 0 fully saturated rings. The highest BCUT2D eigenvalue weighted by Gasteiger charge is 1.98. The van der Waals surface area contributed by atoms with E-state index in [2.05, 4.69) is 22.4 Å². The molecule has 0 unspecified atom stereocenters. The van der Waals surface area contributed by atoms with E-state index >= 15 is 0 Å². The van der Waals surface area contributed by atoms with Gasteiger partial charge >= 0.3 is 0 Å². The van der Waals surface area contributed by atoms with Crippen LogP contribution >= 0.6 is 11.6 Å². The van der Waals surface area contributed by atoms with Crippen LogP contribution in [-0.2, 0) is 0 Å². The molecule has 0 aliphatic rings. The van der Waals surface area contributed by atoms with Crippen molar-refractivity contribution < 1.29 is 0 Å². The largest absolute Gasteiger partial charge is 0.151 e. The van der Waals surface area contributed by atoms with Crippen LogP contribution in [0, 0.1) is 0 Å². The highest BCUT2D eigenvalue weighted by Crippen LogP contribution is 2.27. The molecule has 0 saturated heterocycles. The number of halogens is 1. The summed E-state index contributed by atoms with van der Waals surface area (Å²) in [5.41, 5.74) is 3.82. The molecule has 3 aromatic carbocycles. The van der Waals surface area contributed by atoms with E-state index in [1.807, 2.05) is 60.7 Å². The molecule has 0 atom stereocenters. The Hall–Kier alpha value is -2.45. The van der Waals surface area contributed by atoms with Gasteiger partial charge < -0.3 is 0 Å². The van der Waals surface area contributed by atoms with Crippen LogP contribution in [0.1, 0.15) is 0 Å². The predicted molar refractivity (Wildman–Crippen MR) is 87.5 cm³/mol. The molecule has 0 amide bonds. The molecule has 0 aromatic heterocycles. The standard InChI is InChI=1S/C18H13ClN2/c19-17-8-4-5-9-18(17)21-20-16-12-10-15(11-13-16)14-6-2-1-3-7-14/h1-13H. The van der Waals surface area contributed by atoms with E-state index in [-0.39, 0.29) is 0 Å². The van der Waals surface area contributed by atoms with E-state index in [0.29, 0.717) is 10.7 Å². The van der Waals surface area contributed by atoms with Crippen molar-refractivity contribution in [2.24, 2.45) is 10.2 Å². The first-order valence-electron chi connectivity index (χ1n) is 6.65. The van der Waals surface area contributed by atoms with E-state index in [9.17, 15) is 0 Å². The fourth-order valence-corrected chi connectivity index (χ4v) is 2.17. The Morgan fingerprint density at radius 3 is 1.90 bits per heavy atom. The number of azo groups is 1. The van der Waals surface area contributed by atoms with Crippen LogP contribution in [0.2, 0.25) is 5.02 Å². The zero-order valence-corrected chi connectivity index (χ0v) is 12.0. The van der Waals surface area contributed by atoms with Gasteiger partial charge in [0.2, 0.25) is 0 Å². The fraction of sp³-hybridized carbons (Fsp3) is 0. The van der Waals surface area contributed by atoms with Crippen molar-refractivity contribution in [3.63, 3.8) is 0 Å². The lowest BCUT2D eigenvalue weighted by atomic mass is 10.1. The van der Waals surface area contributed by atoms with E-state index < -0.39 is 0 Å². The third-order valence-electron chi connectivity index (χ3n) is 3.10. The summed E-state index contributed by atoms with van der Waals surface area (Å²) >= 11 is 6.04. The third kappa shape index (κ3) is 3.36. The molecule has 21 heavy (non-hydrogen) atoms. The van der Waals surface area contributed by atoms with Gasteiger partial charge in [-0.25, -0.2) is 0 Å². The number of hydrogen-bond donors (Lipinski definition) is 0. The van der Waals surface area contributed by atoms with Crippen molar-refractivity contribution in [1.82, 2.24) is 0 Å². The molecule has 0 saturated carbocycles. The summed E-state index contributed by atoms with van der Waals surface area (Å²) in [5, 5.41) is 8.98. The lowest BCUT2D eigenvalue weighted by molar-refractivity contribution is 1.23. The summed E-state index contributed by atoms with van der Waals surface area (Å²) in [6, 6.07) is 25.6. The Balaban J connectivity index is 1.81. The monoisotopic (exact) mass is 292 g/mol. The van der Waals surface area contributed by atoms with Gasteiger partial charge in [0, 0.05) is 0 Å². The van der Waals surface area contributed by atoms with Gasteiger partial charge in [0.1, 0.15) is 5.69 Å². The first-order valence-corrected chi connectivity index (χ1v) is 7.02. The second kappa shape index (κ2) is 6.33. The van der Waals surface area contributed by atoms with Gasteiger partial charge in [0.05, 0.1) is 10.7 Å². The van der Waals surface area contributed by atoms with Gasteiger partial charge in [-0.1, -0.05) is 66.2 Å². The van der Waals surface area contributed by atoms with Crippen LogP contribution in [0.15, 0.2) is 89.1 Å².